The molecule has 0 rings (SSSR count). The first-order valence-corrected chi connectivity index (χ1v) is 5.34. The van der Waals surface area contributed by atoms with E-state index in [0.717, 1.165) is 0 Å². The molecule has 0 saturated carbocycles. The normalized spacial score (nSPS) is 13.8. The molecule has 1 atom stereocenters. The van der Waals surface area contributed by atoms with E-state index in [0.29, 0.717) is 0 Å². The molecule has 0 aliphatic rings. The molecule has 0 aliphatic heterocycles. The highest BCUT2D eigenvalue weighted by Crippen LogP contribution is 2.12. The molecule has 1 amide bonds. The van der Waals surface area contributed by atoms with Crippen molar-refractivity contribution >= 4 is 12.1 Å². The average Bonchev–Trinajstić information content (AvgIpc) is 2.11. The van der Waals surface area contributed by atoms with E-state index in [1.807, 2.05) is 0 Å². The molecule has 0 aromatic carbocycles. The van der Waals surface area contributed by atoms with Crippen molar-refractivity contribution in [3.63, 3.8) is 0 Å². The zero-order valence-corrected chi connectivity index (χ0v) is 11.3. The molecule has 3 N–H and O–H groups in total. The SMILES string of the molecule is COC(=O)[C@H](N)C(C)(C)NC(=O)OC(C)(C)C. The number of methoxy groups -OCH3 is 1. The monoisotopic (exact) mass is 246 g/mol. The Morgan fingerprint density at radius 2 is 1.65 bits per heavy atom. The third-order valence-corrected chi connectivity index (χ3v) is 2.06. The summed E-state index contributed by atoms with van der Waals surface area (Å²) in [5, 5.41) is 2.54. The Labute approximate surface area is 102 Å². The largest absolute Gasteiger partial charge is 0.468 e. The third kappa shape index (κ3) is 5.53. The minimum absolute atomic E-state index is 0.592. The van der Waals surface area contributed by atoms with Crippen LogP contribution in [0.25, 0.3) is 0 Å². The first-order chi connectivity index (χ1) is 7.49. The van der Waals surface area contributed by atoms with Crippen molar-refractivity contribution in [2.24, 2.45) is 5.73 Å². The molecule has 100 valence electrons. The van der Waals surface area contributed by atoms with Crippen LogP contribution in [0.3, 0.4) is 0 Å². The number of hydrogen-bond donors (Lipinski definition) is 2. The molecule has 0 aliphatic carbocycles. The van der Waals surface area contributed by atoms with Gasteiger partial charge in [-0.25, -0.2) is 4.79 Å². The number of amides is 1. The number of rotatable bonds is 3. The van der Waals surface area contributed by atoms with E-state index in [2.05, 4.69) is 10.1 Å². The van der Waals surface area contributed by atoms with Crippen LogP contribution in [0, 0.1) is 0 Å². The Hall–Kier alpha value is -1.30. The van der Waals surface area contributed by atoms with Crippen molar-refractivity contribution in [1.82, 2.24) is 5.32 Å². The summed E-state index contributed by atoms with van der Waals surface area (Å²) in [4.78, 5) is 22.8. The maximum atomic E-state index is 11.5. The summed E-state index contributed by atoms with van der Waals surface area (Å²) in [6.07, 6.45) is -0.623. The van der Waals surface area contributed by atoms with Crippen molar-refractivity contribution in [3.05, 3.63) is 0 Å². The van der Waals surface area contributed by atoms with Crippen molar-refractivity contribution in [2.45, 2.75) is 51.8 Å². The summed E-state index contributed by atoms with van der Waals surface area (Å²) in [5.41, 5.74) is 4.12. The van der Waals surface area contributed by atoms with Crippen LogP contribution in [0.2, 0.25) is 0 Å². The predicted octanol–water partition coefficient (Wildman–Crippen LogP) is 0.790. The number of ether oxygens (including phenoxy) is 2. The maximum Gasteiger partial charge on any atom is 0.408 e. The van der Waals surface area contributed by atoms with Crippen LogP contribution in [0.5, 0.6) is 0 Å². The predicted molar refractivity (Wildman–Crippen MR) is 63.4 cm³/mol. The lowest BCUT2D eigenvalue weighted by molar-refractivity contribution is -0.143. The van der Waals surface area contributed by atoms with E-state index in [-0.39, 0.29) is 0 Å². The van der Waals surface area contributed by atoms with Gasteiger partial charge in [-0.2, -0.15) is 0 Å². The first-order valence-electron chi connectivity index (χ1n) is 5.34. The van der Waals surface area contributed by atoms with Gasteiger partial charge in [0, 0.05) is 0 Å². The van der Waals surface area contributed by atoms with Crippen LogP contribution in [0.15, 0.2) is 0 Å². The summed E-state index contributed by atoms with van der Waals surface area (Å²) in [6.45, 7) is 8.50. The van der Waals surface area contributed by atoms with Gasteiger partial charge in [0.25, 0.3) is 0 Å². The molecule has 6 heteroatoms. The lowest BCUT2D eigenvalue weighted by atomic mass is 9.95. The van der Waals surface area contributed by atoms with Gasteiger partial charge in [-0.05, 0) is 34.6 Å². The van der Waals surface area contributed by atoms with Crippen LogP contribution in [0.1, 0.15) is 34.6 Å². The molecular formula is C11H22N2O4. The van der Waals surface area contributed by atoms with E-state index >= 15 is 0 Å². The second-order valence-electron chi connectivity index (χ2n) is 5.35. The molecule has 0 unspecified atom stereocenters. The lowest BCUT2D eigenvalue weighted by Gasteiger charge is -2.31. The van der Waals surface area contributed by atoms with E-state index in [1.54, 1.807) is 34.6 Å². The molecule has 0 spiro atoms. The van der Waals surface area contributed by atoms with E-state index in [4.69, 9.17) is 10.5 Å². The lowest BCUT2D eigenvalue weighted by Crippen LogP contribution is -2.60. The van der Waals surface area contributed by atoms with Crippen molar-refractivity contribution in [2.75, 3.05) is 7.11 Å². The summed E-state index contributed by atoms with van der Waals surface area (Å²) in [7, 11) is 1.24. The summed E-state index contributed by atoms with van der Waals surface area (Å²) in [6, 6.07) is -0.958. The number of nitrogens with two attached hydrogens (primary N) is 1. The van der Waals surface area contributed by atoms with Crippen molar-refractivity contribution < 1.29 is 19.1 Å². The molecule has 0 heterocycles. The quantitative estimate of drug-likeness (QED) is 0.718. The summed E-state index contributed by atoms with van der Waals surface area (Å²) in [5.74, 6) is -0.592. The van der Waals surface area contributed by atoms with Gasteiger partial charge in [0.1, 0.15) is 11.6 Å². The molecule has 0 aromatic rings. The minimum atomic E-state index is -0.958. The standard InChI is InChI=1S/C11H22N2O4/c1-10(2,3)17-9(15)13-11(4,5)7(12)8(14)16-6/h7H,12H2,1-6H3,(H,13,15)/t7-/m0/s1. The second-order valence-corrected chi connectivity index (χ2v) is 5.35. The average molecular weight is 246 g/mol. The Morgan fingerprint density at radius 3 is 2.00 bits per heavy atom. The van der Waals surface area contributed by atoms with Crippen LogP contribution >= 0.6 is 0 Å². The molecule has 0 radical (unpaired) electrons. The molecule has 6 nitrogen and oxygen atoms in total. The fourth-order valence-electron chi connectivity index (χ4n) is 1.07. The van der Waals surface area contributed by atoms with Crippen LogP contribution in [0.4, 0.5) is 4.79 Å². The molecule has 0 bridgehead atoms. The molecular weight excluding hydrogens is 224 g/mol. The number of hydrogen-bond acceptors (Lipinski definition) is 5. The summed E-state index contributed by atoms with van der Waals surface area (Å²) >= 11 is 0. The smallest absolute Gasteiger partial charge is 0.408 e. The molecule has 17 heavy (non-hydrogen) atoms. The third-order valence-electron chi connectivity index (χ3n) is 2.06. The zero-order chi connectivity index (χ0) is 13.9. The number of alkyl carbamates (subject to hydrolysis) is 1. The topological polar surface area (TPSA) is 90.6 Å². The highest BCUT2D eigenvalue weighted by atomic mass is 16.6. The van der Waals surface area contributed by atoms with Gasteiger partial charge >= 0.3 is 12.1 Å². The van der Waals surface area contributed by atoms with E-state index in [9.17, 15) is 9.59 Å². The zero-order valence-electron chi connectivity index (χ0n) is 11.3. The van der Waals surface area contributed by atoms with Gasteiger partial charge in [0.05, 0.1) is 12.6 Å². The second kappa shape index (κ2) is 5.35. The number of carbonyl (C=O) groups excluding carboxylic acids is 2. The van der Waals surface area contributed by atoms with Crippen molar-refractivity contribution in [3.8, 4) is 0 Å². The number of esters is 1. The molecule has 0 aromatic heterocycles. The number of nitrogens with one attached hydrogen (secondary N) is 1. The number of carbonyl (C=O) groups is 2. The van der Waals surface area contributed by atoms with Crippen LogP contribution < -0.4 is 11.1 Å². The van der Waals surface area contributed by atoms with Gasteiger partial charge in [-0.15, -0.1) is 0 Å². The highest BCUT2D eigenvalue weighted by molar-refractivity contribution is 5.79. The highest BCUT2D eigenvalue weighted by Gasteiger charge is 2.35. The molecule has 0 fully saturated rings. The Morgan fingerprint density at radius 1 is 1.18 bits per heavy atom. The van der Waals surface area contributed by atoms with Gasteiger partial charge < -0.3 is 20.5 Å². The van der Waals surface area contributed by atoms with Gasteiger partial charge in [0.2, 0.25) is 0 Å². The Bertz CT molecular complexity index is 294. The minimum Gasteiger partial charge on any atom is -0.468 e. The van der Waals surface area contributed by atoms with E-state index in [1.165, 1.54) is 7.11 Å². The van der Waals surface area contributed by atoms with Crippen LogP contribution in [-0.2, 0) is 14.3 Å². The fraction of sp³-hybridized carbons (Fsp3) is 0.818. The Kier molecular flexibility index (Phi) is 4.94. The molecule has 0 saturated heterocycles. The van der Waals surface area contributed by atoms with Crippen molar-refractivity contribution in [1.29, 1.82) is 0 Å². The fourth-order valence-corrected chi connectivity index (χ4v) is 1.07. The van der Waals surface area contributed by atoms with Crippen LogP contribution in [-0.4, -0.2) is 36.4 Å². The van der Waals surface area contributed by atoms with Gasteiger partial charge in [-0.3, -0.25) is 4.79 Å². The van der Waals surface area contributed by atoms with Gasteiger partial charge in [0.15, 0.2) is 0 Å². The van der Waals surface area contributed by atoms with E-state index < -0.39 is 29.2 Å². The Balaban J connectivity index is 4.54. The first kappa shape index (κ1) is 15.7. The summed E-state index contributed by atoms with van der Waals surface area (Å²) < 4.78 is 9.60. The maximum absolute atomic E-state index is 11.5. The van der Waals surface area contributed by atoms with Gasteiger partial charge in [-0.1, -0.05) is 0 Å².